The molecule has 1 heterocycles. The Bertz CT molecular complexity index is 764. The molecule has 3 rings (SSSR count). The van der Waals surface area contributed by atoms with E-state index in [4.69, 9.17) is 5.73 Å². The molecule has 0 unspecified atom stereocenters. The SMILES string of the molecule is NC(=O)c1cccc(CNc2ccc3sccc3c2)c1. The predicted molar refractivity (Wildman–Crippen MR) is 84.1 cm³/mol. The smallest absolute Gasteiger partial charge is 0.248 e. The Hall–Kier alpha value is -2.33. The molecule has 0 fully saturated rings. The molecule has 0 atom stereocenters. The minimum atomic E-state index is -0.397. The second kappa shape index (κ2) is 5.35. The van der Waals surface area contributed by atoms with E-state index in [1.165, 1.54) is 10.1 Å². The van der Waals surface area contributed by atoms with Crippen LogP contribution < -0.4 is 11.1 Å². The van der Waals surface area contributed by atoms with Crippen LogP contribution in [0.2, 0.25) is 0 Å². The Balaban J connectivity index is 1.75. The highest BCUT2D eigenvalue weighted by Crippen LogP contribution is 2.24. The van der Waals surface area contributed by atoms with Crippen molar-refractivity contribution in [2.75, 3.05) is 5.32 Å². The van der Waals surface area contributed by atoms with Gasteiger partial charge in [0.05, 0.1) is 0 Å². The third-order valence-corrected chi connectivity index (χ3v) is 4.06. The van der Waals surface area contributed by atoms with Crippen LogP contribution >= 0.6 is 11.3 Å². The van der Waals surface area contributed by atoms with Gasteiger partial charge < -0.3 is 11.1 Å². The van der Waals surface area contributed by atoms with Crippen LogP contribution in [0.4, 0.5) is 5.69 Å². The van der Waals surface area contributed by atoms with Gasteiger partial charge in [-0.2, -0.15) is 0 Å². The molecular weight excluding hydrogens is 268 g/mol. The molecule has 0 aliphatic rings. The Labute approximate surface area is 121 Å². The Kier molecular flexibility index (Phi) is 3.39. The Morgan fingerprint density at radius 2 is 2.05 bits per heavy atom. The van der Waals surface area contributed by atoms with Gasteiger partial charge in [0, 0.05) is 22.5 Å². The quantitative estimate of drug-likeness (QED) is 0.768. The van der Waals surface area contributed by atoms with Gasteiger partial charge >= 0.3 is 0 Å². The number of rotatable bonds is 4. The van der Waals surface area contributed by atoms with Gasteiger partial charge in [-0.1, -0.05) is 12.1 Å². The summed E-state index contributed by atoms with van der Waals surface area (Å²) in [6.45, 7) is 0.663. The number of benzene rings is 2. The fraction of sp³-hybridized carbons (Fsp3) is 0.0625. The summed E-state index contributed by atoms with van der Waals surface area (Å²) in [6, 6.07) is 15.8. The number of nitrogens with two attached hydrogens (primary N) is 1. The molecule has 0 aliphatic carbocycles. The van der Waals surface area contributed by atoms with E-state index in [2.05, 4.69) is 35.0 Å². The number of carbonyl (C=O) groups is 1. The summed E-state index contributed by atoms with van der Waals surface area (Å²) in [6.07, 6.45) is 0. The number of carbonyl (C=O) groups excluding carboxylic acids is 1. The monoisotopic (exact) mass is 282 g/mol. The van der Waals surface area contributed by atoms with Gasteiger partial charge in [-0.15, -0.1) is 11.3 Å². The topological polar surface area (TPSA) is 55.1 Å². The zero-order valence-corrected chi connectivity index (χ0v) is 11.6. The van der Waals surface area contributed by atoms with E-state index >= 15 is 0 Å². The number of hydrogen-bond acceptors (Lipinski definition) is 3. The normalized spacial score (nSPS) is 10.6. The van der Waals surface area contributed by atoms with Crippen LogP contribution in [0.5, 0.6) is 0 Å². The molecule has 1 aromatic heterocycles. The molecule has 2 aromatic carbocycles. The van der Waals surface area contributed by atoms with Gasteiger partial charge in [0.2, 0.25) is 5.91 Å². The maximum atomic E-state index is 11.1. The molecule has 0 saturated heterocycles. The van der Waals surface area contributed by atoms with Crippen LogP contribution in [-0.4, -0.2) is 5.91 Å². The first-order valence-electron chi connectivity index (χ1n) is 6.32. The number of primary amides is 1. The van der Waals surface area contributed by atoms with Crippen molar-refractivity contribution in [2.24, 2.45) is 5.73 Å². The van der Waals surface area contributed by atoms with Crippen molar-refractivity contribution < 1.29 is 4.79 Å². The molecule has 3 nitrogen and oxygen atoms in total. The van der Waals surface area contributed by atoms with E-state index in [0.717, 1.165) is 11.3 Å². The molecule has 0 radical (unpaired) electrons. The minimum Gasteiger partial charge on any atom is -0.381 e. The molecule has 0 bridgehead atoms. The van der Waals surface area contributed by atoms with Gasteiger partial charge in [-0.25, -0.2) is 0 Å². The molecule has 4 heteroatoms. The van der Waals surface area contributed by atoms with Crippen molar-refractivity contribution in [1.82, 2.24) is 0 Å². The average Bonchev–Trinajstić information content (AvgIpc) is 2.93. The van der Waals surface area contributed by atoms with E-state index < -0.39 is 5.91 Å². The van der Waals surface area contributed by atoms with E-state index in [1.54, 1.807) is 17.4 Å². The van der Waals surface area contributed by atoms with Crippen molar-refractivity contribution in [2.45, 2.75) is 6.54 Å². The summed E-state index contributed by atoms with van der Waals surface area (Å²) in [5.41, 5.74) is 7.93. The summed E-state index contributed by atoms with van der Waals surface area (Å²) in [5.74, 6) is -0.397. The lowest BCUT2D eigenvalue weighted by atomic mass is 10.1. The van der Waals surface area contributed by atoms with Crippen molar-refractivity contribution in [3.05, 3.63) is 65.0 Å². The molecule has 0 aliphatic heterocycles. The second-order valence-electron chi connectivity index (χ2n) is 4.59. The summed E-state index contributed by atoms with van der Waals surface area (Å²) < 4.78 is 1.28. The van der Waals surface area contributed by atoms with Crippen LogP contribution in [0.15, 0.2) is 53.9 Å². The maximum absolute atomic E-state index is 11.1. The van der Waals surface area contributed by atoms with Crippen LogP contribution in [0.1, 0.15) is 15.9 Å². The summed E-state index contributed by atoms with van der Waals surface area (Å²) in [5, 5.41) is 6.69. The summed E-state index contributed by atoms with van der Waals surface area (Å²) >= 11 is 1.74. The largest absolute Gasteiger partial charge is 0.381 e. The number of fused-ring (bicyclic) bond motifs is 1. The minimum absolute atomic E-state index is 0.397. The predicted octanol–water partition coefficient (Wildman–Crippen LogP) is 3.61. The third-order valence-electron chi connectivity index (χ3n) is 3.16. The lowest BCUT2D eigenvalue weighted by molar-refractivity contribution is 0.1000. The van der Waals surface area contributed by atoms with E-state index in [9.17, 15) is 4.79 Å². The lowest BCUT2D eigenvalue weighted by Crippen LogP contribution is -2.11. The summed E-state index contributed by atoms with van der Waals surface area (Å²) in [4.78, 5) is 11.1. The molecule has 100 valence electrons. The van der Waals surface area contributed by atoms with Gasteiger partial charge in [-0.05, 0) is 52.7 Å². The second-order valence-corrected chi connectivity index (χ2v) is 5.54. The first-order chi connectivity index (χ1) is 9.72. The van der Waals surface area contributed by atoms with Gasteiger partial charge in [0.15, 0.2) is 0 Å². The van der Waals surface area contributed by atoms with Crippen molar-refractivity contribution in [3.8, 4) is 0 Å². The molecule has 0 saturated carbocycles. The molecule has 0 spiro atoms. The highest BCUT2D eigenvalue weighted by molar-refractivity contribution is 7.17. The zero-order valence-electron chi connectivity index (χ0n) is 10.8. The maximum Gasteiger partial charge on any atom is 0.248 e. The van der Waals surface area contributed by atoms with Crippen LogP contribution in [-0.2, 0) is 6.54 Å². The fourth-order valence-corrected chi connectivity index (χ4v) is 2.89. The first-order valence-corrected chi connectivity index (χ1v) is 7.20. The van der Waals surface area contributed by atoms with Gasteiger partial charge in [0.25, 0.3) is 0 Å². The van der Waals surface area contributed by atoms with Crippen molar-refractivity contribution in [1.29, 1.82) is 0 Å². The average molecular weight is 282 g/mol. The van der Waals surface area contributed by atoms with Crippen LogP contribution in [0.3, 0.4) is 0 Å². The highest BCUT2D eigenvalue weighted by Gasteiger charge is 2.02. The van der Waals surface area contributed by atoms with Gasteiger partial charge in [-0.3, -0.25) is 4.79 Å². The van der Waals surface area contributed by atoms with Crippen LogP contribution in [0.25, 0.3) is 10.1 Å². The van der Waals surface area contributed by atoms with Crippen molar-refractivity contribution >= 4 is 33.0 Å². The Morgan fingerprint density at radius 1 is 1.15 bits per heavy atom. The highest BCUT2D eigenvalue weighted by atomic mass is 32.1. The fourth-order valence-electron chi connectivity index (χ4n) is 2.12. The number of nitrogens with one attached hydrogen (secondary N) is 1. The Morgan fingerprint density at radius 3 is 2.90 bits per heavy atom. The molecular formula is C16H14N2OS. The zero-order chi connectivity index (χ0) is 13.9. The third kappa shape index (κ3) is 2.65. The van der Waals surface area contributed by atoms with E-state index in [0.29, 0.717) is 12.1 Å². The molecule has 3 aromatic rings. The number of hydrogen-bond donors (Lipinski definition) is 2. The number of amides is 1. The molecule has 20 heavy (non-hydrogen) atoms. The van der Waals surface area contributed by atoms with Crippen LogP contribution in [0, 0.1) is 0 Å². The molecule has 3 N–H and O–H groups in total. The van der Waals surface area contributed by atoms with E-state index in [-0.39, 0.29) is 0 Å². The number of thiophene rings is 1. The standard InChI is InChI=1S/C16H14N2OS/c17-16(19)13-3-1-2-11(8-13)10-18-14-4-5-15-12(9-14)6-7-20-15/h1-9,18H,10H2,(H2,17,19). The van der Waals surface area contributed by atoms with E-state index in [1.807, 2.05) is 18.2 Å². The van der Waals surface area contributed by atoms with Crippen molar-refractivity contribution in [3.63, 3.8) is 0 Å². The number of anilines is 1. The van der Waals surface area contributed by atoms with Gasteiger partial charge in [0.1, 0.15) is 0 Å². The first kappa shape index (κ1) is 12.7. The molecule has 1 amide bonds. The summed E-state index contributed by atoms with van der Waals surface area (Å²) in [7, 11) is 0. The lowest BCUT2D eigenvalue weighted by Gasteiger charge is -2.07.